The van der Waals surface area contributed by atoms with E-state index in [2.05, 4.69) is 0 Å². The van der Waals surface area contributed by atoms with E-state index in [4.69, 9.17) is 0 Å². The second kappa shape index (κ2) is 6.77. The molecule has 2 unspecified atom stereocenters. The molecule has 2 fully saturated rings. The fourth-order valence-corrected chi connectivity index (χ4v) is 3.84. The SMILES string of the molecule is CN(C(=O)C1CC1c1ccc(C(F)(F)F)cc1)C1CCCCCC1. The first kappa shape index (κ1) is 17.3. The van der Waals surface area contributed by atoms with Gasteiger partial charge in [-0.1, -0.05) is 37.8 Å². The number of hydrogen-bond acceptors (Lipinski definition) is 1. The second-order valence-corrected chi connectivity index (χ2v) is 7.16. The van der Waals surface area contributed by atoms with Gasteiger partial charge in [-0.25, -0.2) is 0 Å². The molecule has 24 heavy (non-hydrogen) atoms. The van der Waals surface area contributed by atoms with Crippen molar-refractivity contribution < 1.29 is 18.0 Å². The Balaban J connectivity index is 1.60. The Morgan fingerprint density at radius 2 is 1.62 bits per heavy atom. The van der Waals surface area contributed by atoms with Crippen LogP contribution in [-0.2, 0) is 11.0 Å². The summed E-state index contributed by atoms with van der Waals surface area (Å²) < 4.78 is 37.9. The van der Waals surface area contributed by atoms with Crippen molar-refractivity contribution in [1.29, 1.82) is 0 Å². The number of alkyl halides is 3. The molecule has 2 aliphatic carbocycles. The minimum absolute atomic E-state index is 0.0602. The van der Waals surface area contributed by atoms with E-state index in [1.165, 1.54) is 37.8 Å². The maximum absolute atomic E-state index is 12.7. The molecule has 3 rings (SSSR count). The standard InChI is InChI=1S/C19H24F3NO/c1-23(15-6-4-2-3-5-7-15)18(24)17-12-16(17)13-8-10-14(11-9-13)19(20,21)22/h8-11,15-17H,2-7,12H2,1H3. The van der Waals surface area contributed by atoms with Crippen LogP contribution < -0.4 is 0 Å². The highest BCUT2D eigenvalue weighted by molar-refractivity contribution is 5.83. The van der Waals surface area contributed by atoms with Gasteiger partial charge >= 0.3 is 6.18 Å². The molecule has 132 valence electrons. The van der Waals surface area contributed by atoms with Crippen molar-refractivity contribution in [2.75, 3.05) is 7.05 Å². The van der Waals surface area contributed by atoms with Gasteiger partial charge in [-0.3, -0.25) is 4.79 Å². The molecule has 0 bridgehead atoms. The third-order valence-electron chi connectivity index (χ3n) is 5.49. The van der Waals surface area contributed by atoms with Crippen LogP contribution in [0.5, 0.6) is 0 Å². The number of hydrogen-bond donors (Lipinski definition) is 0. The van der Waals surface area contributed by atoms with Crippen LogP contribution in [0.3, 0.4) is 0 Å². The van der Waals surface area contributed by atoms with Crippen LogP contribution in [0.4, 0.5) is 13.2 Å². The first-order valence-corrected chi connectivity index (χ1v) is 8.82. The maximum atomic E-state index is 12.7. The third-order valence-corrected chi connectivity index (χ3v) is 5.49. The van der Waals surface area contributed by atoms with E-state index in [9.17, 15) is 18.0 Å². The van der Waals surface area contributed by atoms with Crippen LogP contribution in [0.2, 0.25) is 0 Å². The summed E-state index contributed by atoms with van der Waals surface area (Å²) in [5.74, 6) is 0.176. The molecule has 0 saturated heterocycles. The summed E-state index contributed by atoms with van der Waals surface area (Å²) in [5, 5.41) is 0. The zero-order chi connectivity index (χ0) is 17.3. The zero-order valence-electron chi connectivity index (χ0n) is 14.0. The first-order chi connectivity index (χ1) is 11.4. The molecular formula is C19H24F3NO. The summed E-state index contributed by atoms with van der Waals surface area (Å²) in [7, 11) is 1.89. The minimum atomic E-state index is -4.31. The van der Waals surface area contributed by atoms with Crippen LogP contribution in [0.25, 0.3) is 0 Å². The number of halogens is 3. The van der Waals surface area contributed by atoms with Gasteiger partial charge in [-0.2, -0.15) is 13.2 Å². The summed E-state index contributed by atoms with van der Waals surface area (Å²) in [5.41, 5.74) is 0.209. The Hall–Kier alpha value is -1.52. The third kappa shape index (κ3) is 3.76. The van der Waals surface area contributed by atoms with Gasteiger partial charge in [0.1, 0.15) is 0 Å². The number of carbonyl (C=O) groups is 1. The van der Waals surface area contributed by atoms with Crippen LogP contribution >= 0.6 is 0 Å². The Morgan fingerprint density at radius 1 is 1.04 bits per heavy atom. The topological polar surface area (TPSA) is 20.3 Å². The number of nitrogens with zero attached hydrogens (tertiary/aromatic N) is 1. The lowest BCUT2D eigenvalue weighted by Crippen LogP contribution is -2.38. The molecule has 2 nitrogen and oxygen atoms in total. The van der Waals surface area contributed by atoms with Gasteiger partial charge in [-0.15, -0.1) is 0 Å². The molecule has 1 aromatic carbocycles. The fourth-order valence-electron chi connectivity index (χ4n) is 3.84. The van der Waals surface area contributed by atoms with Crippen molar-refractivity contribution in [3.05, 3.63) is 35.4 Å². The predicted molar refractivity (Wildman–Crippen MR) is 86.6 cm³/mol. The lowest BCUT2D eigenvalue weighted by atomic mass is 10.0. The van der Waals surface area contributed by atoms with E-state index in [1.807, 2.05) is 11.9 Å². The average molecular weight is 339 g/mol. The van der Waals surface area contributed by atoms with Gasteiger partial charge in [-0.05, 0) is 42.9 Å². The highest BCUT2D eigenvalue weighted by Gasteiger charge is 2.46. The molecule has 2 saturated carbocycles. The van der Waals surface area contributed by atoms with Gasteiger partial charge in [0.05, 0.1) is 5.56 Å². The van der Waals surface area contributed by atoms with Crippen molar-refractivity contribution in [3.63, 3.8) is 0 Å². The van der Waals surface area contributed by atoms with Gasteiger partial charge in [0.25, 0.3) is 0 Å². The van der Waals surface area contributed by atoms with Crippen LogP contribution in [0, 0.1) is 5.92 Å². The summed E-state index contributed by atoms with van der Waals surface area (Å²) in [4.78, 5) is 14.6. The fraction of sp³-hybridized carbons (Fsp3) is 0.632. The smallest absolute Gasteiger partial charge is 0.343 e. The van der Waals surface area contributed by atoms with Crippen molar-refractivity contribution in [2.24, 2.45) is 5.92 Å². The summed E-state index contributed by atoms with van der Waals surface area (Å²) in [6.45, 7) is 0. The van der Waals surface area contributed by atoms with Gasteiger partial charge in [0.2, 0.25) is 5.91 Å². The van der Waals surface area contributed by atoms with Crippen molar-refractivity contribution in [2.45, 2.75) is 63.1 Å². The molecule has 0 spiro atoms. The average Bonchev–Trinajstić information content (AvgIpc) is 3.36. The number of benzene rings is 1. The van der Waals surface area contributed by atoms with E-state index in [1.54, 1.807) is 0 Å². The quantitative estimate of drug-likeness (QED) is 0.711. The van der Waals surface area contributed by atoms with Gasteiger partial charge < -0.3 is 4.90 Å². The Labute approximate surface area is 141 Å². The van der Waals surface area contributed by atoms with Crippen LogP contribution in [-0.4, -0.2) is 23.9 Å². The Morgan fingerprint density at radius 3 is 2.17 bits per heavy atom. The molecule has 5 heteroatoms. The summed E-state index contributed by atoms with van der Waals surface area (Å²) in [6.07, 6.45) is 3.43. The molecule has 0 radical (unpaired) electrons. The van der Waals surface area contributed by atoms with Crippen molar-refractivity contribution >= 4 is 5.91 Å². The zero-order valence-corrected chi connectivity index (χ0v) is 14.0. The first-order valence-electron chi connectivity index (χ1n) is 8.82. The summed E-state index contributed by atoms with van der Waals surface area (Å²) in [6, 6.07) is 5.60. The van der Waals surface area contributed by atoms with Crippen LogP contribution in [0.15, 0.2) is 24.3 Å². The van der Waals surface area contributed by atoms with E-state index < -0.39 is 11.7 Å². The highest BCUT2D eigenvalue weighted by Crippen LogP contribution is 2.49. The molecule has 2 aliphatic rings. The molecular weight excluding hydrogens is 315 g/mol. The molecule has 1 amide bonds. The Bertz CT molecular complexity index is 573. The molecule has 0 aromatic heterocycles. The predicted octanol–water partition coefficient (Wildman–Crippen LogP) is 4.99. The molecule has 2 atom stereocenters. The molecule has 0 aliphatic heterocycles. The largest absolute Gasteiger partial charge is 0.416 e. The summed E-state index contributed by atoms with van der Waals surface area (Å²) >= 11 is 0. The van der Waals surface area contributed by atoms with Crippen molar-refractivity contribution in [1.82, 2.24) is 4.90 Å². The lowest BCUT2D eigenvalue weighted by Gasteiger charge is -2.27. The van der Waals surface area contributed by atoms with E-state index >= 15 is 0 Å². The second-order valence-electron chi connectivity index (χ2n) is 7.16. The number of carbonyl (C=O) groups excluding carboxylic acids is 1. The van der Waals surface area contributed by atoms with E-state index in [-0.39, 0.29) is 17.7 Å². The molecule has 1 aromatic rings. The number of amides is 1. The normalized spacial score (nSPS) is 25.2. The molecule has 0 N–H and O–H groups in total. The molecule has 0 heterocycles. The highest BCUT2D eigenvalue weighted by atomic mass is 19.4. The van der Waals surface area contributed by atoms with Crippen LogP contribution in [0.1, 0.15) is 62.0 Å². The maximum Gasteiger partial charge on any atom is 0.416 e. The Kier molecular flexibility index (Phi) is 4.88. The number of rotatable bonds is 3. The lowest BCUT2D eigenvalue weighted by molar-refractivity contribution is -0.137. The van der Waals surface area contributed by atoms with Gasteiger partial charge in [0, 0.05) is 19.0 Å². The van der Waals surface area contributed by atoms with Gasteiger partial charge in [0.15, 0.2) is 0 Å². The van der Waals surface area contributed by atoms with E-state index in [0.29, 0.717) is 6.04 Å². The van der Waals surface area contributed by atoms with Crippen molar-refractivity contribution in [3.8, 4) is 0 Å². The monoisotopic (exact) mass is 339 g/mol. The minimum Gasteiger partial charge on any atom is -0.343 e. The van der Waals surface area contributed by atoms with E-state index in [0.717, 1.165) is 37.0 Å².